The van der Waals surface area contributed by atoms with Crippen molar-refractivity contribution < 1.29 is 8.78 Å². The van der Waals surface area contributed by atoms with Gasteiger partial charge in [0.25, 0.3) is 0 Å². The molecule has 0 aliphatic rings. The van der Waals surface area contributed by atoms with Crippen molar-refractivity contribution in [2.75, 3.05) is 5.32 Å². The topological polar surface area (TPSA) is 42.2 Å². The number of rotatable bonds is 3. The first-order valence-corrected chi connectivity index (χ1v) is 6.13. The largest absolute Gasteiger partial charge is 0.349 e. The number of anilines is 1. The average Bonchev–Trinajstić information content (AvgIpc) is 2.82. The number of pyridine rings is 1. The first-order chi connectivity index (χ1) is 9.61. The minimum absolute atomic E-state index is 0.326. The Morgan fingerprint density at radius 2 is 2.00 bits per heavy atom. The third kappa shape index (κ3) is 2.45. The molecule has 3 rings (SSSR count). The Morgan fingerprint density at radius 3 is 2.80 bits per heavy atom. The van der Waals surface area contributed by atoms with Crippen LogP contribution >= 0.6 is 0 Å². The van der Waals surface area contributed by atoms with Gasteiger partial charge in [-0.25, -0.2) is 13.3 Å². The molecule has 0 aliphatic carbocycles. The van der Waals surface area contributed by atoms with Gasteiger partial charge in [0, 0.05) is 12.7 Å². The summed E-state index contributed by atoms with van der Waals surface area (Å²) >= 11 is 0. The summed E-state index contributed by atoms with van der Waals surface area (Å²) in [7, 11) is 0. The standard InChI is InChI=1S/C14H12F2N4/c1-9-2-5-13-18-14(19-20(13)8-9)17-7-10-3-4-11(15)12(16)6-10/h2-6,8H,7H2,1H3,(H,17,19). The minimum Gasteiger partial charge on any atom is -0.349 e. The normalized spacial score (nSPS) is 10.9. The van der Waals surface area contributed by atoms with Gasteiger partial charge in [0.1, 0.15) is 0 Å². The molecule has 0 spiro atoms. The zero-order chi connectivity index (χ0) is 14.1. The maximum Gasteiger partial charge on any atom is 0.243 e. The first kappa shape index (κ1) is 12.5. The first-order valence-electron chi connectivity index (χ1n) is 6.13. The summed E-state index contributed by atoms with van der Waals surface area (Å²) in [5, 5.41) is 7.24. The lowest BCUT2D eigenvalue weighted by atomic mass is 10.2. The Kier molecular flexibility index (Phi) is 3.06. The molecule has 0 radical (unpaired) electrons. The van der Waals surface area contributed by atoms with Crippen molar-refractivity contribution in [1.82, 2.24) is 14.6 Å². The van der Waals surface area contributed by atoms with Crippen molar-refractivity contribution in [3.8, 4) is 0 Å². The summed E-state index contributed by atoms with van der Waals surface area (Å²) in [5.74, 6) is -1.27. The molecule has 102 valence electrons. The molecule has 20 heavy (non-hydrogen) atoms. The van der Waals surface area contributed by atoms with Gasteiger partial charge in [-0.05, 0) is 36.2 Å². The highest BCUT2D eigenvalue weighted by atomic mass is 19.2. The van der Waals surface area contributed by atoms with Gasteiger partial charge in [-0.1, -0.05) is 12.1 Å². The summed E-state index contributed by atoms with van der Waals surface area (Å²) < 4.78 is 27.6. The van der Waals surface area contributed by atoms with Gasteiger partial charge in [0.2, 0.25) is 5.95 Å². The van der Waals surface area contributed by atoms with Gasteiger partial charge < -0.3 is 5.32 Å². The summed E-state index contributed by atoms with van der Waals surface area (Å²) in [4.78, 5) is 4.28. The molecule has 1 N–H and O–H groups in total. The van der Waals surface area contributed by atoms with Crippen molar-refractivity contribution in [2.45, 2.75) is 13.5 Å². The maximum absolute atomic E-state index is 13.1. The third-order valence-corrected chi connectivity index (χ3v) is 2.91. The molecule has 0 atom stereocenters. The van der Waals surface area contributed by atoms with E-state index in [9.17, 15) is 8.78 Å². The smallest absolute Gasteiger partial charge is 0.243 e. The van der Waals surface area contributed by atoms with Crippen molar-refractivity contribution in [3.05, 3.63) is 59.3 Å². The predicted molar refractivity (Wildman–Crippen MR) is 71.4 cm³/mol. The minimum atomic E-state index is -0.858. The SMILES string of the molecule is Cc1ccc2nc(NCc3ccc(F)c(F)c3)nn2c1. The Morgan fingerprint density at radius 1 is 1.15 bits per heavy atom. The van der Waals surface area contributed by atoms with Gasteiger partial charge in [-0.15, -0.1) is 5.10 Å². The Bertz CT molecular complexity index is 767. The van der Waals surface area contributed by atoms with Gasteiger partial charge in [0.05, 0.1) is 0 Å². The van der Waals surface area contributed by atoms with E-state index in [4.69, 9.17) is 0 Å². The third-order valence-electron chi connectivity index (χ3n) is 2.91. The number of nitrogens with zero attached hydrogens (tertiary/aromatic N) is 3. The second-order valence-corrected chi connectivity index (χ2v) is 4.55. The molecular weight excluding hydrogens is 262 g/mol. The van der Waals surface area contributed by atoms with Crippen LogP contribution in [0.15, 0.2) is 36.5 Å². The van der Waals surface area contributed by atoms with Crippen LogP contribution in [0.3, 0.4) is 0 Å². The zero-order valence-corrected chi connectivity index (χ0v) is 10.8. The highest BCUT2D eigenvalue weighted by molar-refractivity contribution is 5.44. The summed E-state index contributed by atoms with van der Waals surface area (Å²) in [5.41, 5.74) is 2.43. The molecule has 0 amide bonds. The monoisotopic (exact) mass is 274 g/mol. The Balaban J connectivity index is 1.77. The number of aromatic nitrogens is 3. The lowest BCUT2D eigenvalue weighted by molar-refractivity contribution is 0.507. The Labute approximate surface area is 114 Å². The summed E-state index contributed by atoms with van der Waals surface area (Å²) in [6.45, 7) is 2.29. The molecule has 3 aromatic rings. The molecule has 2 heterocycles. The van der Waals surface area contributed by atoms with E-state index in [1.54, 1.807) is 4.52 Å². The van der Waals surface area contributed by atoms with Crippen LogP contribution in [-0.4, -0.2) is 14.6 Å². The van der Waals surface area contributed by atoms with E-state index in [1.807, 2.05) is 25.3 Å². The fourth-order valence-electron chi connectivity index (χ4n) is 1.89. The fourth-order valence-corrected chi connectivity index (χ4v) is 1.89. The van der Waals surface area contributed by atoms with Gasteiger partial charge in [0.15, 0.2) is 17.3 Å². The van der Waals surface area contributed by atoms with Crippen LogP contribution in [0, 0.1) is 18.6 Å². The number of nitrogens with one attached hydrogen (secondary N) is 1. The number of hydrogen-bond donors (Lipinski definition) is 1. The van der Waals surface area contributed by atoms with Crippen molar-refractivity contribution in [2.24, 2.45) is 0 Å². The van der Waals surface area contributed by atoms with E-state index in [2.05, 4.69) is 15.4 Å². The van der Waals surface area contributed by atoms with E-state index in [0.29, 0.717) is 18.1 Å². The average molecular weight is 274 g/mol. The molecule has 4 nitrogen and oxygen atoms in total. The molecule has 0 aliphatic heterocycles. The second-order valence-electron chi connectivity index (χ2n) is 4.55. The molecule has 0 fully saturated rings. The van der Waals surface area contributed by atoms with Crippen LogP contribution < -0.4 is 5.32 Å². The van der Waals surface area contributed by atoms with Crippen LogP contribution in [0.1, 0.15) is 11.1 Å². The number of hydrogen-bond acceptors (Lipinski definition) is 3. The van der Waals surface area contributed by atoms with E-state index < -0.39 is 11.6 Å². The van der Waals surface area contributed by atoms with E-state index in [0.717, 1.165) is 23.3 Å². The number of halogens is 2. The number of benzene rings is 1. The molecule has 1 aromatic carbocycles. The van der Waals surface area contributed by atoms with Crippen LogP contribution in [0.4, 0.5) is 14.7 Å². The lowest BCUT2D eigenvalue weighted by Gasteiger charge is -2.02. The molecule has 2 aromatic heterocycles. The van der Waals surface area contributed by atoms with Crippen LogP contribution in [0.5, 0.6) is 0 Å². The predicted octanol–water partition coefficient (Wildman–Crippen LogP) is 2.93. The highest BCUT2D eigenvalue weighted by Crippen LogP contribution is 2.11. The molecule has 6 heteroatoms. The quantitative estimate of drug-likeness (QED) is 0.798. The Hall–Kier alpha value is -2.50. The van der Waals surface area contributed by atoms with Crippen molar-refractivity contribution >= 4 is 11.6 Å². The van der Waals surface area contributed by atoms with E-state index in [-0.39, 0.29) is 0 Å². The van der Waals surface area contributed by atoms with E-state index in [1.165, 1.54) is 6.07 Å². The van der Waals surface area contributed by atoms with Crippen LogP contribution in [-0.2, 0) is 6.54 Å². The maximum atomic E-state index is 13.1. The summed E-state index contributed by atoms with van der Waals surface area (Å²) in [6, 6.07) is 7.59. The van der Waals surface area contributed by atoms with Crippen molar-refractivity contribution in [1.29, 1.82) is 0 Å². The zero-order valence-electron chi connectivity index (χ0n) is 10.8. The van der Waals surface area contributed by atoms with Gasteiger partial charge in [-0.3, -0.25) is 0 Å². The van der Waals surface area contributed by atoms with Crippen LogP contribution in [0.2, 0.25) is 0 Å². The number of aryl methyl sites for hydroxylation is 1. The lowest BCUT2D eigenvalue weighted by Crippen LogP contribution is -2.02. The van der Waals surface area contributed by atoms with Gasteiger partial charge >= 0.3 is 0 Å². The highest BCUT2D eigenvalue weighted by Gasteiger charge is 2.05. The number of fused-ring (bicyclic) bond motifs is 1. The van der Waals surface area contributed by atoms with E-state index >= 15 is 0 Å². The molecule has 0 saturated carbocycles. The summed E-state index contributed by atoms with van der Waals surface area (Å²) in [6.07, 6.45) is 1.87. The van der Waals surface area contributed by atoms with Gasteiger partial charge in [-0.2, -0.15) is 4.98 Å². The van der Waals surface area contributed by atoms with Crippen molar-refractivity contribution in [3.63, 3.8) is 0 Å². The van der Waals surface area contributed by atoms with Crippen LogP contribution in [0.25, 0.3) is 5.65 Å². The molecular formula is C14H12F2N4. The molecule has 0 saturated heterocycles. The molecule has 0 unspecified atom stereocenters. The molecule has 0 bridgehead atoms. The second kappa shape index (κ2) is 4.88. The fraction of sp³-hybridized carbons (Fsp3) is 0.143.